The fourth-order valence-electron chi connectivity index (χ4n) is 2.06. The van der Waals surface area contributed by atoms with Crippen molar-refractivity contribution in [2.24, 2.45) is 0 Å². The van der Waals surface area contributed by atoms with Gasteiger partial charge in [-0.05, 0) is 23.3 Å². The molecule has 0 unspecified atom stereocenters. The quantitative estimate of drug-likeness (QED) is 0.589. The van der Waals surface area contributed by atoms with Crippen LogP contribution in [-0.2, 0) is 23.1 Å². The van der Waals surface area contributed by atoms with E-state index >= 15 is 0 Å². The van der Waals surface area contributed by atoms with Crippen LogP contribution in [0.3, 0.4) is 0 Å². The van der Waals surface area contributed by atoms with Crippen LogP contribution in [0.1, 0.15) is 11.1 Å². The van der Waals surface area contributed by atoms with Crippen molar-refractivity contribution in [2.45, 2.75) is 13.1 Å². The summed E-state index contributed by atoms with van der Waals surface area (Å²) in [5, 5.41) is 11.2. The van der Waals surface area contributed by atoms with Crippen molar-refractivity contribution in [1.82, 2.24) is 4.31 Å². The maximum atomic E-state index is 12.0. The van der Waals surface area contributed by atoms with Gasteiger partial charge >= 0.3 is 0 Å². The molecule has 0 spiro atoms. The lowest BCUT2D eigenvalue weighted by molar-refractivity contribution is -0.384. The van der Waals surface area contributed by atoms with Gasteiger partial charge < -0.3 is 0 Å². The molecule has 0 amide bonds. The van der Waals surface area contributed by atoms with Crippen molar-refractivity contribution in [2.75, 3.05) is 6.26 Å². The van der Waals surface area contributed by atoms with Crippen LogP contribution < -0.4 is 0 Å². The maximum absolute atomic E-state index is 12.0. The van der Waals surface area contributed by atoms with Crippen LogP contribution in [0.5, 0.6) is 0 Å². The number of rotatable bonds is 6. The number of benzene rings is 2. The lowest BCUT2D eigenvalue weighted by Crippen LogP contribution is -2.29. The third-order valence-corrected chi connectivity index (χ3v) is 4.65. The minimum absolute atomic E-state index is 0.0329. The minimum atomic E-state index is -3.44. The monoisotopic (exact) mass is 354 g/mol. The number of nitro benzene ring substituents is 1. The van der Waals surface area contributed by atoms with Crippen LogP contribution in [0.15, 0.2) is 48.5 Å². The summed E-state index contributed by atoms with van der Waals surface area (Å²) >= 11 is 5.92. The molecule has 0 aromatic heterocycles. The summed E-state index contributed by atoms with van der Waals surface area (Å²) in [7, 11) is -3.44. The SMILES string of the molecule is CS(=O)(=O)N(Cc1ccc([N+](=O)[O-])cc1)Cc1cccc(Cl)c1. The molecular weight excluding hydrogens is 340 g/mol. The van der Waals surface area contributed by atoms with E-state index in [4.69, 9.17) is 11.6 Å². The van der Waals surface area contributed by atoms with Crippen LogP contribution in [-0.4, -0.2) is 23.9 Å². The Balaban J connectivity index is 2.21. The fraction of sp³-hybridized carbons (Fsp3) is 0.200. The number of hydrogen-bond donors (Lipinski definition) is 0. The van der Waals surface area contributed by atoms with Gasteiger partial charge in [0.1, 0.15) is 0 Å². The number of halogens is 1. The lowest BCUT2D eigenvalue weighted by Gasteiger charge is -2.20. The molecule has 0 aliphatic carbocycles. The van der Waals surface area contributed by atoms with Gasteiger partial charge in [0.2, 0.25) is 10.0 Å². The van der Waals surface area contributed by atoms with E-state index in [-0.39, 0.29) is 18.8 Å². The van der Waals surface area contributed by atoms with Gasteiger partial charge in [-0.2, -0.15) is 4.31 Å². The first-order valence-electron chi connectivity index (χ1n) is 6.68. The van der Waals surface area contributed by atoms with E-state index in [9.17, 15) is 18.5 Å². The van der Waals surface area contributed by atoms with Crippen LogP contribution in [0.2, 0.25) is 5.02 Å². The highest BCUT2D eigenvalue weighted by atomic mass is 35.5. The van der Waals surface area contributed by atoms with Gasteiger partial charge in [0.15, 0.2) is 0 Å². The highest BCUT2D eigenvalue weighted by Gasteiger charge is 2.18. The summed E-state index contributed by atoms with van der Waals surface area (Å²) in [6.07, 6.45) is 1.13. The molecule has 2 rings (SSSR count). The van der Waals surface area contributed by atoms with Crippen LogP contribution in [0.4, 0.5) is 5.69 Å². The molecule has 2 aromatic carbocycles. The van der Waals surface area contributed by atoms with Crippen molar-refractivity contribution in [3.63, 3.8) is 0 Å². The Morgan fingerprint density at radius 1 is 1.09 bits per heavy atom. The Bertz CT molecular complexity index is 806. The molecule has 0 saturated carbocycles. The first-order valence-corrected chi connectivity index (χ1v) is 8.91. The maximum Gasteiger partial charge on any atom is 0.269 e. The average molecular weight is 355 g/mol. The molecule has 0 atom stereocenters. The average Bonchev–Trinajstić information content (AvgIpc) is 2.46. The molecule has 0 aliphatic rings. The molecule has 0 radical (unpaired) electrons. The smallest absolute Gasteiger partial charge is 0.258 e. The summed E-state index contributed by atoms with van der Waals surface area (Å²) in [5.74, 6) is 0. The van der Waals surface area contributed by atoms with Gasteiger partial charge in [0.25, 0.3) is 5.69 Å². The molecule has 6 nitrogen and oxygen atoms in total. The second-order valence-electron chi connectivity index (χ2n) is 5.08. The molecule has 0 saturated heterocycles. The Hall–Kier alpha value is -1.96. The van der Waals surface area contributed by atoms with Gasteiger partial charge in [0.05, 0.1) is 11.2 Å². The molecule has 23 heavy (non-hydrogen) atoms. The normalized spacial score (nSPS) is 11.6. The first kappa shape index (κ1) is 17.4. The number of sulfonamides is 1. The molecule has 0 fully saturated rings. The van der Waals surface area contributed by atoms with Crippen molar-refractivity contribution < 1.29 is 13.3 Å². The van der Waals surface area contributed by atoms with Gasteiger partial charge in [-0.15, -0.1) is 0 Å². The highest BCUT2D eigenvalue weighted by molar-refractivity contribution is 7.88. The van der Waals surface area contributed by atoms with Crippen LogP contribution in [0.25, 0.3) is 0 Å². The summed E-state index contributed by atoms with van der Waals surface area (Å²) in [6, 6.07) is 12.8. The van der Waals surface area contributed by atoms with E-state index in [1.54, 1.807) is 36.4 Å². The predicted molar refractivity (Wildman–Crippen MR) is 88.6 cm³/mol. The van der Waals surface area contributed by atoms with Crippen molar-refractivity contribution in [1.29, 1.82) is 0 Å². The molecule has 122 valence electrons. The minimum Gasteiger partial charge on any atom is -0.258 e. The second-order valence-corrected chi connectivity index (χ2v) is 7.50. The molecule has 8 heteroatoms. The number of nitro groups is 1. The standard InChI is InChI=1S/C15H15ClN2O4S/c1-23(21,22)17(11-13-3-2-4-14(16)9-13)10-12-5-7-15(8-6-12)18(19)20/h2-9H,10-11H2,1H3. The summed E-state index contributed by atoms with van der Waals surface area (Å²) < 4.78 is 25.3. The molecule has 0 aliphatic heterocycles. The zero-order valence-corrected chi connectivity index (χ0v) is 13.9. The summed E-state index contributed by atoms with van der Waals surface area (Å²) in [6.45, 7) is 0.305. The molecular formula is C15H15ClN2O4S. The summed E-state index contributed by atoms with van der Waals surface area (Å²) in [4.78, 5) is 10.2. The topological polar surface area (TPSA) is 80.5 Å². The molecule has 2 aromatic rings. The zero-order chi connectivity index (χ0) is 17.0. The molecule has 0 bridgehead atoms. The van der Waals surface area contributed by atoms with Crippen LogP contribution >= 0.6 is 11.6 Å². The van der Waals surface area contributed by atoms with Crippen molar-refractivity contribution in [3.8, 4) is 0 Å². The Morgan fingerprint density at radius 3 is 2.22 bits per heavy atom. The van der Waals surface area contributed by atoms with E-state index in [0.717, 1.165) is 11.8 Å². The third kappa shape index (κ3) is 5.02. The Morgan fingerprint density at radius 2 is 1.70 bits per heavy atom. The van der Waals surface area contributed by atoms with E-state index in [1.165, 1.54) is 16.4 Å². The van der Waals surface area contributed by atoms with Crippen LogP contribution in [0, 0.1) is 10.1 Å². The van der Waals surface area contributed by atoms with E-state index < -0.39 is 14.9 Å². The van der Waals surface area contributed by atoms with E-state index in [0.29, 0.717) is 10.6 Å². The second kappa shape index (κ2) is 7.08. The Labute approximate surface area is 139 Å². The predicted octanol–water partition coefficient (Wildman–Crippen LogP) is 3.21. The zero-order valence-electron chi connectivity index (χ0n) is 12.3. The van der Waals surface area contributed by atoms with Gasteiger partial charge in [-0.3, -0.25) is 10.1 Å². The number of nitrogens with zero attached hydrogens (tertiary/aromatic N) is 2. The number of hydrogen-bond acceptors (Lipinski definition) is 4. The van der Waals surface area contributed by atoms with Crippen molar-refractivity contribution >= 4 is 27.3 Å². The third-order valence-electron chi connectivity index (χ3n) is 3.22. The van der Waals surface area contributed by atoms with E-state index in [2.05, 4.69) is 0 Å². The lowest BCUT2D eigenvalue weighted by atomic mass is 10.2. The Kier molecular flexibility index (Phi) is 5.35. The van der Waals surface area contributed by atoms with Gasteiger partial charge in [0, 0.05) is 30.2 Å². The number of non-ortho nitro benzene ring substituents is 1. The molecule has 0 heterocycles. The van der Waals surface area contributed by atoms with Gasteiger partial charge in [-0.1, -0.05) is 35.9 Å². The van der Waals surface area contributed by atoms with Gasteiger partial charge in [-0.25, -0.2) is 8.42 Å². The summed E-state index contributed by atoms with van der Waals surface area (Å²) in [5.41, 5.74) is 1.40. The van der Waals surface area contributed by atoms with E-state index in [1.807, 2.05) is 0 Å². The first-order chi connectivity index (χ1) is 10.8. The largest absolute Gasteiger partial charge is 0.269 e. The fourth-order valence-corrected chi connectivity index (χ4v) is 3.04. The highest BCUT2D eigenvalue weighted by Crippen LogP contribution is 2.18. The van der Waals surface area contributed by atoms with Crippen molar-refractivity contribution in [3.05, 3.63) is 74.8 Å². The molecule has 0 N–H and O–H groups in total.